The van der Waals surface area contributed by atoms with Crippen LogP contribution in [0.1, 0.15) is 16.7 Å². The van der Waals surface area contributed by atoms with Crippen LogP contribution in [-0.2, 0) is 18.5 Å². The Labute approximate surface area is 133 Å². The van der Waals surface area contributed by atoms with E-state index < -0.39 is 29.6 Å². The van der Waals surface area contributed by atoms with Crippen LogP contribution in [0.5, 0.6) is 0 Å². The molecule has 0 fully saturated rings. The molecular weight excluding hydrogens is 346 g/mol. The second kappa shape index (κ2) is 6.05. The van der Waals surface area contributed by atoms with E-state index in [4.69, 9.17) is 23.2 Å². The van der Waals surface area contributed by atoms with Gasteiger partial charge in [0.2, 0.25) is 0 Å². The first-order valence-corrected chi connectivity index (χ1v) is 6.85. The van der Waals surface area contributed by atoms with Gasteiger partial charge in [0, 0.05) is 17.0 Å². The van der Waals surface area contributed by atoms with Crippen LogP contribution in [0.2, 0.25) is 10.0 Å². The summed E-state index contributed by atoms with van der Waals surface area (Å²) >= 11 is 11.4. The lowest BCUT2D eigenvalue weighted by molar-refractivity contribution is -0.137. The molecule has 0 nitrogen and oxygen atoms in total. The maximum absolute atomic E-state index is 14.3. The van der Waals surface area contributed by atoms with E-state index in [1.165, 1.54) is 18.2 Å². The third-order valence-corrected chi connectivity index (χ3v) is 3.55. The van der Waals surface area contributed by atoms with Gasteiger partial charge in [0.15, 0.2) is 0 Å². The molecule has 0 saturated carbocycles. The van der Waals surface area contributed by atoms with Crippen molar-refractivity contribution in [2.45, 2.75) is 18.5 Å². The summed E-state index contributed by atoms with van der Waals surface area (Å²) in [6.07, 6.45) is -5.47. The first-order valence-electron chi connectivity index (χ1n) is 6.09. The highest BCUT2D eigenvalue weighted by molar-refractivity contribution is 6.35. The van der Waals surface area contributed by atoms with Gasteiger partial charge in [-0.2, -0.15) is 13.2 Å². The first kappa shape index (κ1) is 17.0. The molecule has 0 atom stereocenters. The molecule has 0 unspecified atom stereocenters. The number of benzene rings is 2. The lowest BCUT2D eigenvalue weighted by Crippen LogP contribution is -2.18. The predicted molar refractivity (Wildman–Crippen MR) is 75.5 cm³/mol. The van der Waals surface area contributed by atoms with Crippen LogP contribution < -0.4 is 0 Å². The summed E-state index contributed by atoms with van der Waals surface area (Å²) < 4.78 is 66.3. The average molecular weight is 355 g/mol. The molecule has 0 N–H and O–H groups in total. The Hall–Kier alpha value is -1.33. The quantitative estimate of drug-likeness (QED) is 0.563. The van der Waals surface area contributed by atoms with Crippen molar-refractivity contribution in [3.63, 3.8) is 0 Å². The summed E-state index contributed by atoms with van der Waals surface area (Å²) in [6.45, 7) is 0. The van der Waals surface area contributed by atoms with Gasteiger partial charge in [0.05, 0.1) is 10.6 Å². The fourth-order valence-electron chi connectivity index (χ4n) is 2.00. The number of alkyl halides is 5. The average Bonchev–Trinajstić information content (AvgIpc) is 2.36. The molecule has 0 bridgehead atoms. The van der Waals surface area contributed by atoms with Gasteiger partial charge >= 0.3 is 6.18 Å². The molecule has 0 aliphatic rings. The molecule has 0 spiro atoms. The summed E-state index contributed by atoms with van der Waals surface area (Å²) in [5.74, 6) is -3.41. The number of hydrogen-bond acceptors (Lipinski definition) is 0. The van der Waals surface area contributed by atoms with E-state index in [1.54, 1.807) is 0 Å². The van der Waals surface area contributed by atoms with Gasteiger partial charge in [0.25, 0.3) is 5.92 Å². The van der Waals surface area contributed by atoms with Crippen molar-refractivity contribution in [3.05, 3.63) is 69.2 Å². The van der Waals surface area contributed by atoms with Crippen LogP contribution in [-0.4, -0.2) is 0 Å². The van der Waals surface area contributed by atoms with Gasteiger partial charge in [0.1, 0.15) is 0 Å². The molecule has 0 radical (unpaired) electrons. The van der Waals surface area contributed by atoms with E-state index in [2.05, 4.69) is 0 Å². The predicted octanol–water partition coefficient (Wildman–Crippen LogP) is 6.35. The standard InChI is InChI=1S/C15H9Cl2F5/c16-11-4-5-12(13(17)7-11)14(18,19)8-9-2-1-3-10(6-9)15(20,21)22/h1-7H,8H2. The second-order valence-electron chi connectivity index (χ2n) is 4.70. The number of rotatable bonds is 3. The van der Waals surface area contributed by atoms with Gasteiger partial charge in [-0.1, -0.05) is 47.5 Å². The summed E-state index contributed by atoms with van der Waals surface area (Å²) in [5.41, 5.74) is -1.58. The van der Waals surface area contributed by atoms with Crippen molar-refractivity contribution < 1.29 is 22.0 Å². The second-order valence-corrected chi connectivity index (χ2v) is 5.55. The van der Waals surface area contributed by atoms with Crippen molar-refractivity contribution in [1.82, 2.24) is 0 Å². The molecule has 0 saturated heterocycles. The molecular formula is C15H9Cl2F5. The Morgan fingerprint density at radius 3 is 2.14 bits per heavy atom. The molecule has 0 aliphatic carbocycles. The van der Waals surface area contributed by atoms with E-state index in [0.717, 1.165) is 18.2 Å². The van der Waals surface area contributed by atoms with Crippen LogP contribution in [0.3, 0.4) is 0 Å². The molecule has 0 amide bonds. The van der Waals surface area contributed by atoms with Gasteiger partial charge in [-0.15, -0.1) is 0 Å². The Kier molecular flexibility index (Phi) is 4.68. The molecule has 2 aromatic rings. The van der Waals surface area contributed by atoms with Crippen molar-refractivity contribution >= 4 is 23.2 Å². The fourth-order valence-corrected chi connectivity index (χ4v) is 2.54. The first-order chi connectivity index (χ1) is 10.1. The summed E-state index contributed by atoms with van der Waals surface area (Å²) in [5, 5.41) is -0.0342. The van der Waals surface area contributed by atoms with Crippen molar-refractivity contribution in [2.75, 3.05) is 0 Å². The van der Waals surface area contributed by atoms with E-state index >= 15 is 0 Å². The highest BCUT2D eigenvalue weighted by Crippen LogP contribution is 2.38. The van der Waals surface area contributed by atoms with E-state index in [-0.39, 0.29) is 15.6 Å². The van der Waals surface area contributed by atoms with Crippen LogP contribution >= 0.6 is 23.2 Å². The number of halogens is 7. The third kappa shape index (κ3) is 3.90. The third-order valence-electron chi connectivity index (χ3n) is 3.01. The Morgan fingerprint density at radius 1 is 0.864 bits per heavy atom. The summed E-state index contributed by atoms with van der Waals surface area (Å²) in [7, 11) is 0. The van der Waals surface area contributed by atoms with Crippen molar-refractivity contribution in [3.8, 4) is 0 Å². The zero-order valence-corrected chi connectivity index (χ0v) is 12.4. The lowest BCUT2D eigenvalue weighted by Gasteiger charge is -2.19. The highest BCUT2D eigenvalue weighted by atomic mass is 35.5. The zero-order chi connectivity index (χ0) is 16.5. The molecule has 7 heteroatoms. The van der Waals surface area contributed by atoms with E-state index in [0.29, 0.717) is 6.07 Å². The zero-order valence-electron chi connectivity index (χ0n) is 10.9. The summed E-state index contributed by atoms with van der Waals surface area (Å²) in [4.78, 5) is 0. The molecule has 0 aromatic heterocycles. The maximum atomic E-state index is 14.3. The minimum atomic E-state index is -4.58. The van der Waals surface area contributed by atoms with Gasteiger partial charge in [-0.25, -0.2) is 8.78 Å². The minimum absolute atomic E-state index is 0.133. The van der Waals surface area contributed by atoms with Crippen LogP contribution in [0, 0.1) is 0 Å². The monoisotopic (exact) mass is 354 g/mol. The topological polar surface area (TPSA) is 0 Å². The minimum Gasteiger partial charge on any atom is -0.201 e. The number of hydrogen-bond donors (Lipinski definition) is 0. The maximum Gasteiger partial charge on any atom is 0.416 e. The fraction of sp³-hybridized carbons (Fsp3) is 0.200. The Morgan fingerprint density at radius 2 is 1.55 bits per heavy atom. The molecule has 0 heterocycles. The van der Waals surface area contributed by atoms with Crippen molar-refractivity contribution in [2.24, 2.45) is 0 Å². The molecule has 0 aliphatic heterocycles. The Bertz CT molecular complexity index is 680. The summed E-state index contributed by atoms with van der Waals surface area (Å²) in [6, 6.07) is 7.33. The molecule has 118 valence electrons. The Balaban J connectivity index is 2.32. The van der Waals surface area contributed by atoms with E-state index in [1.807, 2.05) is 0 Å². The lowest BCUT2D eigenvalue weighted by atomic mass is 9.99. The van der Waals surface area contributed by atoms with Crippen LogP contribution in [0.15, 0.2) is 42.5 Å². The molecule has 2 rings (SSSR count). The smallest absolute Gasteiger partial charge is 0.201 e. The van der Waals surface area contributed by atoms with Crippen molar-refractivity contribution in [1.29, 1.82) is 0 Å². The SMILES string of the molecule is FC(F)(F)c1cccc(CC(F)(F)c2ccc(Cl)cc2Cl)c1. The van der Waals surface area contributed by atoms with Crippen LogP contribution in [0.25, 0.3) is 0 Å². The van der Waals surface area contributed by atoms with Gasteiger partial charge in [-0.3, -0.25) is 0 Å². The normalized spacial score (nSPS) is 12.5. The largest absolute Gasteiger partial charge is 0.416 e. The van der Waals surface area contributed by atoms with Gasteiger partial charge < -0.3 is 0 Å². The molecule has 2 aromatic carbocycles. The highest BCUT2D eigenvalue weighted by Gasteiger charge is 2.35. The van der Waals surface area contributed by atoms with Crippen LogP contribution in [0.4, 0.5) is 22.0 Å². The van der Waals surface area contributed by atoms with E-state index in [9.17, 15) is 22.0 Å². The van der Waals surface area contributed by atoms with Gasteiger partial charge in [-0.05, 0) is 23.8 Å². The molecule has 22 heavy (non-hydrogen) atoms.